The van der Waals surface area contributed by atoms with Gasteiger partial charge in [0, 0.05) is 24.9 Å². The van der Waals surface area contributed by atoms with Crippen molar-refractivity contribution in [3.05, 3.63) is 29.3 Å². The molecule has 3 rings (SSSR count). The summed E-state index contributed by atoms with van der Waals surface area (Å²) in [6.07, 6.45) is 3.38. The van der Waals surface area contributed by atoms with Crippen LogP contribution in [0.2, 0.25) is 0 Å². The Morgan fingerprint density at radius 3 is 2.73 bits per heavy atom. The molecule has 1 amide bonds. The number of aryl methyl sites for hydroxylation is 2. The van der Waals surface area contributed by atoms with Crippen molar-refractivity contribution in [2.45, 2.75) is 53.4 Å². The Morgan fingerprint density at radius 2 is 2.15 bits per heavy atom. The first-order valence-electron chi connectivity index (χ1n) is 9.92. The minimum absolute atomic E-state index is 0.0363. The number of nitrogens with zero attached hydrogens (tertiary/aromatic N) is 1. The van der Waals surface area contributed by atoms with Crippen LogP contribution in [0.25, 0.3) is 0 Å². The fourth-order valence-corrected chi connectivity index (χ4v) is 5.32. The number of ether oxygens (including phenoxy) is 1. The van der Waals surface area contributed by atoms with Crippen molar-refractivity contribution in [3.8, 4) is 5.75 Å². The number of hydrogen-bond donors (Lipinski definition) is 1. The van der Waals surface area contributed by atoms with E-state index >= 15 is 0 Å². The number of likely N-dealkylation sites (tertiary alicyclic amines) is 1. The van der Waals surface area contributed by atoms with Crippen molar-refractivity contribution >= 4 is 5.91 Å². The van der Waals surface area contributed by atoms with Gasteiger partial charge in [-0.2, -0.15) is 0 Å². The minimum atomic E-state index is -0.0363. The monoisotopic (exact) mass is 359 g/mol. The molecule has 4 heteroatoms. The summed E-state index contributed by atoms with van der Waals surface area (Å²) < 4.78 is 5.58. The third kappa shape index (κ3) is 3.48. The maximum atomic E-state index is 12.7. The Kier molecular flexibility index (Phi) is 5.34. The van der Waals surface area contributed by atoms with Crippen LogP contribution in [0.5, 0.6) is 5.75 Å². The molecule has 1 saturated carbocycles. The fourth-order valence-electron chi connectivity index (χ4n) is 5.32. The maximum Gasteiger partial charge on any atom is 0.222 e. The molecular formula is C22H33NO3. The summed E-state index contributed by atoms with van der Waals surface area (Å²) in [5, 5.41) is 9.84. The van der Waals surface area contributed by atoms with Crippen LogP contribution in [-0.2, 0) is 11.2 Å². The Bertz CT molecular complexity index is 669. The third-order valence-electron chi connectivity index (χ3n) is 6.46. The quantitative estimate of drug-likeness (QED) is 0.809. The second kappa shape index (κ2) is 7.22. The minimum Gasteiger partial charge on any atom is -0.494 e. The number of rotatable bonds is 7. The van der Waals surface area contributed by atoms with Gasteiger partial charge < -0.3 is 14.7 Å². The average molecular weight is 360 g/mol. The maximum absolute atomic E-state index is 12.7. The Morgan fingerprint density at radius 1 is 1.38 bits per heavy atom. The fraction of sp³-hybridized carbons (Fsp3) is 0.682. The molecule has 2 atom stereocenters. The van der Waals surface area contributed by atoms with Crippen LogP contribution in [0.4, 0.5) is 0 Å². The summed E-state index contributed by atoms with van der Waals surface area (Å²) in [7, 11) is 0. The number of fused-ring (bicyclic) bond motifs is 1. The van der Waals surface area contributed by atoms with E-state index in [1.54, 1.807) is 0 Å². The molecule has 1 aromatic carbocycles. The predicted octanol–water partition coefficient (Wildman–Crippen LogP) is 3.58. The number of amides is 1. The van der Waals surface area contributed by atoms with Gasteiger partial charge in [0.2, 0.25) is 5.91 Å². The highest BCUT2D eigenvalue weighted by Gasteiger charge is 2.62. The molecule has 0 spiro atoms. The predicted molar refractivity (Wildman–Crippen MR) is 103 cm³/mol. The van der Waals surface area contributed by atoms with E-state index in [0.29, 0.717) is 18.9 Å². The number of carbonyl (C=O) groups excluding carboxylic acids is 1. The van der Waals surface area contributed by atoms with Crippen molar-refractivity contribution in [3.63, 3.8) is 0 Å². The third-order valence-corrected chi connectivity index (χ3v) is 6.46. The van der Waals surface area contributed by atoms with Gasteiger partial charge in [0.25, 0.3) is 0 Å². The van der Waals surface area contributed by atoms with E-state index in [9.17, 15) is 9.90 Å². The van der Waals surface area contributed by atoms with E-state index in [1.165, 1.54) is 5.56 Å². The number of hydrogen-bond acceptors (Lipinski definition) is 3. The van der Waals surface area contributed by atoms with Gasteiger partial charge in [-0.25, -0.2) is 0 Å². The van der Waals surface area contributed by atoms with Crippen molar-refractivity contribution in [2.75, 3.05) is 26.3 Å². The lowest BCUT2D eigenvalue weighted by Gasteiger charge is -2.55. The zero-order valence-corrected chi connectivity index (χ0v) is 16.7. The first kappa shape index (κ1) is 19.2. The van der Waals surface area contributed by atoms with Crippen molar-refractivity contribution < 1.29 is 14.6 Å². The highest BCUT2D eigenvalue weighted by molar-refractivity contribution is 5.76. The lowest BCUT2D eigenvalue weighted by atomic mass is 9.48. The van der Waals surface area contributed by atoms with Crippen molar-refractivity contribution in [2.24, 2.45) is 16.7 Å². The van der Waals surface area contributed by atoms with Crippen LogP contribution in [0.3, 0.4) is 0 Å². The zero-order chi connectivity index (χ0) is 18.9. The van der Waals surface area contributed by atoms with Gasteiger partial charge in [-0.3, -0.25) is 4.79 Å². The highest BCUT2D eigenvalue weighted by Crippen LogP contribution is 2.62. The largest absolute Gasteiger partial charge is 0.494 e. The molecule has 1 saturated heterocycles. The first-order valence-corrected chi connectivity index (χ1v) is 9.92. The van der Waals surface area contributed by atoms with Gasteiger partial charge in [0.15, 0.2) is 0 Å². The SMILES string of the molecule is CCOc1ccc(CCCC(=O)N2C[C@@H]3C(C)(C)C[C@]3(CO)C2)cc1C. The van der Waals surface area contributed by atoms with Crippen LogP contribution >= 0.6 is 0 Å². The zero-order valence-electron chi connectivity index (χ0n) is 16.7. The van der Waals surface area contributed by atoms with Gasteiger partial charge in [-0.15, -0.1) is 0 Å². The average Bonchev–Trinajstić information content (AvgIpc) is 2.93. The van der Waals surface area contributed by atoms with Crippen LogP contribution in [0.15, 0.2) is 18.2 Å². The highest BCUT2D eigenvalue weighted by atomic mass is 16.5. The standard InChI is InChI=1S/C22H33NO3/c1-5-26-18-10-9-17(11-16(18)2)7-6-8-20(25)23-12-19-21(3,4)13-22(19,14-23)15-24/h9-11,19,24H,5-8,12-15H2,1-4H3/t19-,22-/m1/s1. The molecule has 1 aliphatic heterocycles. The second-order valence-electron chi connectivity index (χ2n) is 8.90. The van der Waals surface area contributed by atoms with Crippen LogP contribution in [-0.4, -0.2) is 42.2 Å². The van der Waals surface area contributed by atoms with Gasteiger partial charge in [0.05, 0.1) is 13.2 Å². The number of aliphatic hydroxyl groups excluding tert-OH is 1. The molecule has 0 bridgehead atoms. The molecular weight excluding hydrogens is 326 g/mol. The van der Waals surface area contributed by atoms with E-state index in [2.05, 4.69) is 32.9 Å². The molecule has 4 nitrogen and oxygen atoms in total. The number of benzene rings is 1. The number of carbonyl (C=O) groups is 1. The molecule has 1 heterocycles. The summed E-state index contributed by atoms with van der Waals surface area (Å²) in [5.41, 5.74) is 2.62. The van der Waals surface area contributed by atoms with E-state index in [0.717, 1.165) is 43.7 Å². The van der Waals surface area contributed by atoms with E-state index < -0.39 is 0 Å². The molecule has 0 aromatic heterocycles. The number of aliphatic hydroxyl groups is 1. The van der Waals surface area contributed by atoms with Gasteiger partial charge in [-0.05, 0) is 61.6 Å². The molecule has 1 aromatic rings. The smallest absolute Gasteiger partial charge is 0.222 e. The summed E-state index contributed by atoms with van der Waals surface area (Å²) in [6.45, 7) is 11.0. The topological polar surface area (TPSA) is 49.8 Å². The summed E-state index contributed by atoms with van der Waals surface area (Å²) in [5.74, 6) is 1.63. The molecule has 1 N–H and O–H groups in total. The summed E-state index contributed by atoms with van der Waals surface area (Å²) in [4.78, 5) is 14.7. The molecule has 1 aliphatic carbocycles. The summed E-state index contributed by atoms with van der Waals surface area (Å²) in [6, 6.07) is 6.29. The van der Waals surface area contributed by atoms with Gasteiger partial charge in [0.1, 0.15) is 5.75 Å². The molecule has 26 heavy (non-hydrogen) atoms. The first-order chi connectivity index (χ1) is 12.3. The Balaban J connectivity index is 1.50. The molecule has 2 aliphatic rings. The van der Waals surface area contributed by atoms with E-state index in [4.69, 9.17) is 4.74 Å². The molecule has 144 valence electrons. The van der Waals surface area contributed by atoms with Crippen LogP contribution < -0.4 is 4.74 Å². The molecule has 0 unspecified atom stereocenters. The molecule has 2 fully saturated rings. The second-order valence-corrected chi connectivity index (χ2v) is 8.90. The summed E-state index contributed by atoms with van der Waals surface area (Å²) >= 11 is 0. The lowest BCUT2D eigenvalue weighted by molar-refractivity contribution is -0.130. The molecule has 0 radical (unpaired) electrons. The Hall–Kier alpha value is -1.55. The van der Waals surface area contributed by atoms with E-state index in [-0.39, 0.29) is 23.3 Å². The lowest BCUT2D eigenvalue weighted by Crippen LogP contribution is -2.54. The van der Waals surface area contributed by atoms with Crippen LogP contribution in [0.1, 0.15) is 51.2 Å². The van der Waals surface area contributed by atoms with Crippen molar-refractivity contribution in [1.82, 2.24) is 4.90 Å². The van der Waals surface area contributed by atoms with Crippen molar-refractivity contribution in [1.29, 1.82) is 0 Å². The van der Waals surface area contributed by atoms with Gasteiger partial charge in [-0.1, -0.05) is 26.0 Å². The Labute approximate surface area is 157 Å². The normalized spacial score (nSPS) is 26.3. The van der Waals surface area contributed by atoms with Crippen LogP contribution in [0, 0.1) is 23.7 Å². The van der Waals surface area contributed by atoms with Gasteiger partial charge >= 0.3 is 0 Å². The van der Waals surface area contributed by atoms with E-state index in [1.807, 2.05) is 17.9 Å².